The van der Waals surface area contributed by atoms with Crippen LogP contribution < -0.4 is 10.4 Å². The quantitative estimate of drug-likeness (QED) is 0.573. The molecule has 2 aliphatic rings. The van der Waals surface area contributed by atoms with Crippen LogP contribution in [0.15, 0.2) is 38.7 Å². The van der Waals surface area contributed by atoms with Gasteiger partial charge in [0.2, 0.25) is 0 Å². The number of Topliss-reactive ketones (excluding diaryl/α,β-unsaturated/α-hetero) is 1. The Morgan fingerprint density at radius 2 is 1.97 bits per heavy atom. The van der Waals surface area contributed by atoms with Gasteiger partial charge in [0.05, 0.1) is 12.5 Å². The molecule has 2 aromatic rings. The highest BCUT2D eigenvalue weighted by Gasteiger charge is 2.48. The zero-order valence-electron chi connectivity index (χ0n) is 19.3. The van der Waals surface area contributed by atoms with Gasteiger partial charge >= 0.3 is 5.63 Å². The Hall–Kier alpha value is -2.56. The number of hydrogen-bond donors (Lipinski definition) is 0. The number of allylic oxidation sites excluding steroid dienone is 2. The maximum atomic E-state index is 13.2. The van der Waals surface area contributed by atoms with Gasteiger partial charge in [-0.25, -0.2) is 4.79 Å². The fourth-order valence-corrected chi connectivity index (χ4v) is 5.56. The minimum atomic E-state index is -0.562. The molecule has 5 heteroatoms. The lowest BCUT2D eigenvalue weighted by Gasteiger charge is -2.38. The molecule has 0 saturated heterocycles. The molecular formula is C26H32O5. The number of fused-ring (bicyclic) bond motifs is 2. The van der Waals surface area contributed by atoms with Crippen molar-refractivity contribution in [1.29, 1.82) is 0 Å². The predicted molar refractivity (Wildman–Crippen MR) is 120 cm³/mol. The molecule has 1 aliphatic carbocycles. The molecule has 5 nitrogen and oxygen atoms in total. The van der Waals surface area contributed by atoms with Crippen LogP contribution in [0, 0.1) is 30.6 Å². The van der Waals surface area contributed by atoms with Crippen molar-refractivity contribution in [3.63, 3.8) is 0 Å². The Morgan fingerprint density at radius 1 is 1.23 bits per heavy atom. The molecule has 4 atom stereocenters. The van der Waals surface area contributed by atoms with Crippen LogP contribution in [0.1, 0.15) is 64.2 Å². The molecule has 166 valence electrons. The second kappa shape index (κ2) is 8.18. The highest BCUT2D eigenvalue weighted by atomic mass is 16.5. The van der Waals surface area contributed by atoms with Crippen LogP contribution in [0.2, 0.25) is 0 Å². The number of carbonyl (C=O) groups is 1. The molecule has 0 bridgehead atoms. The van der Waals surface area contributed by atoms with E-state index in [1.165, 1.54) is 0 Å². The van der Waals surface area contributed by atoms with E-state index < -0.39 is 11.7 Å². The number of benzene rings is 1. The first-order valence-corrected chi connectivity index (χ1v) is 11.3. The summed E-state index contributed by atoms with van der Waals surface area (Å²) in [7, 11) is 1.58. The Bertz CT molecular complexity index is 1110. The maximum absolute atomic E-state index is 13.2. The van der Waals surface area contributed by atoms with Crippen LogP contribution in [0.4, 0.5) is 0 Å². The highest BCUT2D eigenvalue weighted by molar-refractivity contribution is 5.94. The summed E-state index contributed by atoms with van der Waals surface area (Å²) in [6.07, 6.45) is 1.90. The van der Waals surface area contributed by atoms with Crippen molar-refractivity contribution in [3.05, 3.63) is 51.1 Å². The van der Waals surface area contributed by atoms with Crippen LogP contribution >= 0.6 is 0 Å². The third-order valence-corrected chi connectivity index (χ3v) is 7.03. The minimum Gasteiger partial charge on any atom is -0.495 e. The molecule has 0 amide bonds. The maximum Gasteiger partial charge on any atom is 0.347 e. The first-order valence-electron chi connectivity index (χ1n) is 11.3. The molecule has 4 rings (SSSR count). The van der Waals surface area contributed by atoms with Crippen molar-refractivity contribution in [1.82, 2.24) is 0 Å². The van der Waals surface area contributed by atoms with E-state index in [2.05, 4.69) is 6.92 Å². The number of ether oxygens (including phenoxy) is 2. The van der Waals surface area contributed by atoms with Crippen molar-refractivity contribution >= 4 is 16.8 Å². The summed E-state index contributed by atoms with van der Waals surface area (Å²) in [5.74, 6) is 1.87. The molecule has 0 spiro atoms. The van der Waals surface area contributed by atoms with E-state index in [1.54, 1.807) is 13.2 Å². The van der Waals surface area contributed by atoms with Crippen LogP contribution in [-0.4, -0.2) is 12.9 Å². The van der Waals surface area contributed by atoms with E-state index in [9.17, 15) is 9.59 Å². The van der Waals surface area contributed by atoms with E-state index in [4.69, 9.17) is 13.9 Å². The predicted octanol–water partition coefficient (Wildman–Crippen LogP) is 5.73. The van der Waals surface area contributed by atoms with Gasteiger partial charge in [0.1, 0.15) is 23.0 Å². The molecule has 31 heavy (non-hydrogen) atoms. The monoisotopic (exact) mass is 424 g/mol. The number of carbonyl (C=O) groups excluding carboxylic acids is 1. The molecule has 1 saturated carbocycles. The van der Waals surface area contributed by atoms with E-state index in [-0.39, 0.29) is 23.5 Å². The van der Waals surface area contributed by atoms with E-state index in [0.717, 1.165) is 29.4 Å². The van der Waals surface area contributed by atoms with Crippen molar-refractivity contribution < 1.29 is 18.7 Å². The van der Waals surface area contributed by atoms with E-state index in [0.29, 0.717) is 35.0 Å². The van der Waals surface area contributed by atoms with Crippen molar-refractivity contribution in [3.8, 4) is 5.75 Å². The fraction of sp³-hybridized carbons (Fsp3) is 0.538. The fourth-order valence-electron chi connectivity index (χ4n) is 5.56. The second-order valence-corrected chi connectivity index (χ2v) is 9.59. The van der Waals surface area contributed by atoms with Gasteiger partial charge in [0.15, 0.2) is 11.5 Å². The molecule has 0 N–H and O–H groups in total. The van der Waals surface area contributed by atoms with Crippen LogP contribution in [0.3, 0.4) is 0 Å². The smallest absolute Gasteiger partial charge is 0.347 e. The minimum absolute atomic E-state index is 0.0100. The van der Waals surface area contributed by atoms with Gasteiger partial charge in [-0.05, 0) is 61.6 Å². The third kappa shape index (κ3) is 3.58. The summed E-state index contributed by atoms with van der Waals surface area (Å²) < 4.78 is 18.0. The average Bonchev–Trinajstić information content (AvgIpc) is 3.10. The van der Waals surface area contributed by atoms with Crippen LogP contribution in [0.25, 0.3) is 11.0 Å². The van der Waals surface area contributed by atoms with Gasteiger partial charge in [-0.2, -0.15) is 0 Å². The topological polar surface area (TPSA) is 65.7 Å². The number of ketones is 1. The molecule has 1 aromatic heterocycles. The van der Waals surface area contributed by atoms with E-state index in [1.807, 2.05) is 39.8 Å². The van der Waals surface area contributed by atoms with Gasteiger partial charge in [-0.1, -0.05) is 32.9 Å². The summed E-state index contributed by atoms with van der Waals surface area (Å²) in [6, 6.07) is 5.61. The Kier molecular flexibility index (Phi) is 5.71. The van der Waals surface area contributed by atoms with Crippen LogP contribution in [-0.2, 0) is 9.53 Å². The van der Waals surface area contributed by atoms with Gasteiger partial charge in [0.25, 0.3) is 0 Å². The van der Waals surface area contributed by atoms with Gasteiger partial charge in [-0.3, -0.25) is 4.79 Å². The molecule has 1 fully saturated rings. The zero-order chi connectivity index (χ0) is 22.4. The largest absolute Gasteiger partial charge is 0.495 e. The third-order valence-electron chi connectivity index (χ3n) is 7.03. The second-order valence-electron chi connectivity index (χ2n) is 9.59. The van der Waals surface area contributed by atoms with Crippen LogP contribution in [0.5, 0.6) is 5.75 Å². The average molecular weight is 425 g/mol. The van der Waals surface area contributed by atoms with E-state index >= 15 is 0 Å². The van der Waals surface area contributed by atoms with Crippen molar-refractivity contribution in [2.45, 2.75) is 60.0 Å². The molecular weight excluding hydrogens is 392 g/mol. The number of rotatable bonds is 5. The normalized spacial score (nSPS) is 25.6. The molecule has 4 unspecified atom stereocenters. The first-order chi connectivity index (χ1) is 14.7. The lowest BCUT2D eigenvalue weighted by molar-refractivity contribution is -0.123. The standard InChI is InChI=1S/C26H32O5/c1-13(2)12-18(27)23-16(5)17-11-10-15(4)20(17)25(31-23)22-24(29-6)21-14(3)8-7-9-19(21)30-26(22)28/h7-9,13,15,17,20,25H,10-12H2,1-6H3. The number of aryl methyl sites for hydroxylation is 1. The van der Waals surface area contributed by atoms with Gasteiger partial charge < -0.3 is 13.9 Å². The highest BCUT2D eigenvalue weighted by Crippen LogP contribution is 2.54. The Morgan fingerprint density at radius 3 is 2.65 bits per heavy atom. The first kappa shape index (κ1) is 21.7. The molecule has 0 radical (unpaired) electrons. The summed E-state index contributed by atoms with van der Waals surface area (Å²) >= 11 is 0. The van der Waals surface area contributed by atoms with Crippen molar-refractivity contribution in [2.24, 2.45) is 23.7 Å². The van der Waals surface area contributed by atoms with Gasteiger partial charge in [0, 0.05) is 12.3 Å². The summed E-state index contributed by atoms with van der Waals surface area (Å²) in [4.78, 5) is 26.3. The summed E-state index contributed by atoms with van der Waals surface area (Å²) in [5, 5.41) is 0.784. The summed E-state index contributed by atoms with van der Waals surface area (Å²) in [5.41, 5.74) is 2.44. The van der Waals surface area contributed by atoms with Crippen molar-refractivity contribution in [2.75, 3.05) is 7.11 Å². The lowest BCUT2D eigenvalue weighted by atomic mass is 9.76. The number of methoxy groups -OCH3 is 1. The molecule has 1 aliphatic heterocycles. The lowest BCUT2D eigenvalue weighted by Crippen LogP contribution is -2.34. The van der Waals surface area contributed by atoms with Gasteiger partial charge in [-0.15, -0.1) is 0 Å². The SMILES string of the molecule is COc1c(C2OC(C(=O)CC(C)C)=C(C)C3CCC(C)C32)c(=O)oc2cccc(C)c12. The number of hydrogen-bond acceptors (Lipinski definition) is 5. The zero-order valence-corrected chi connectivity index (χ0v) is 19.3. The summed E-state index contributed by atoms with van der Waals surface area (Å²) in [6.45, 7) is 10.2. The molecule has 2 heterocycles. The Labute approximate surface area is 183 Å². The molecule has 1 aromatic carbocycles. The Balaban J connectivity index is 1.92.